The van der Waals surface area contributed by atoms with Crippen molar-refractivity contribution >= 4 is 47.0 Å². The molecule has 4 fully saturated rings. The van der Waals surface area contributed by atoms with Gasteiger partial charge in [-0.25, -0.2) is 14.5 Å². The van der Waals surface area contributed by atoms with Crippen LogP contribution in [-0.4, -0.2) is 67.9 Å². The summed E-state index contributed by atoms with van der Waals surface area (Å²) in [5.41, 5.74) is 1.27. The van der Waals surface area contributed by atoms with E-state index in [1.807, 2.05) is 46.8 Å². The molecule has 1 aromatic carbocycles. The SMILES string of the molecule is COC(=O)/C(C)=C\CC12OC(C)(C)C3CC(C1=O)C1C4=C(Nc5ncn1n5)c1c(OC(=O)CCl)c5c(c(CC=C(C)C)c1OC432)OC(C)(CCC=C(C)C)C=C5. The Kier molecular flexibility index (Phi) is 9.00. The summed E-state index contributed by atoms with van der Waals surface area (Å²) in [6, 6.07) is -0.589. The predicted molar refractivity (Wildman–Crippen MR) is 211 cm³/mol. The molecule has 12 nitrogen and oxygen atoms in total. The normalized spacial score (nSPS) is 29.5. The Morgan fingerprint density at radius 2 is 1.82 bits per heavy atom. The number of aromatic nitrogens is 3. The van der Waals surface area contributed by atoms with E-state index in [4.69, 9.17) is 40.4 Å². The number of nitrogens with one attached hydrogen (secondary N) is 1. The van der Waals surface area contributed by atoms with Crippen LogP contribution in [0.3, 0.4) is 0 Å². The summed E-state index contributed by atoms with van der Waals surface area (Å²) in [6.45, 7) is 15.9. The molecule has 6 atom stereocenters. The lowest BCUT2D eigenvalue weighted by Crippen LogP contribution is -2.74. The van der Waals surface area contributed by atoms with Crippen molar-refractivity contribution in [3.8, 4) is 17.2 Å². The zero-order chi connectivity index (χ0) is 40.1. The number of hydrogen-bond donors (Lipinski definition) is 1. The second kappa shape index (κ2) is 13.2. The van der Waals surface area contributed by atoms with E-state index in [0.717, 1.165) is 23.1 Å². The van der Waals surface area contributed by atoms with E-state index in [-0.39, 0.29) is 29.8 Å². The first-order chi connectivity index (χ1) is 26.5. The Bertz CT molecular complexity index is 2240. The van der Waals surface area contributed by atoms with Crippen LogP contribution in [-0.2, 0) is 30.3 Å². The van der Waals surface area contributed by atoms with Gasteiger partial charge in [0.1, 0.15) is 29.3 Å². The number of esters is 2. The number of Topliss-reactive ketones (excluding diaryl/α,β-unsaturated/α-hetero) is 1. The number of methoxy groups -OCH3 is 1. The molecule has 1 aromatic heterocycles. The fraction of sp³-hybridized carbons (Fsp3) is 0.512. The minimum absolute atomic E-state index is 0.0494. The molecule has 1 saturated heterocycles. The number of hydrogen-bond acceptors (Lipinski definition) is 11. The predicted octanol–water partition coefficient (Wildman–Crippen LogP) is 7.63. The average Bonchev–Trinajstić information content (AvgIpc) is 3.59. The third-order valence-corrected chi connectivity index (χ3v) is 12.6. The lowest BCUT2D eigenvalue weighted by molar-refractivity contribution is -0.181. The molecule has 0 amide bonds. The van der Waals surface area contributed by atoms with Crippen LogP contribution >= 0.6 is 11.6 Å². The fourth-order valence-corrected chi connectivity index (χ4v) is 9.97. The molecule has 296 valence electrons. The van der Waals surface area contributed by atoms with Crippen molar-refractivity contribution in [1.29, 1.82) is 0 Å². The Morgan fingerprint density at radius 3 is 2.52 bits per heavy atom. The van der Waals surface area contributed by atoms with Gasteiger partial charge in [-0.2, -0.15) is 0 Å². The maximum absolute atomic E-state index is 15.3. The summed E-state index contributed by atoms with van der Waals surface area (Å²) in [5, 5.41) is 8.32. The van der Waals surface area contributed by atoms with Crippen LogP contribution in [0.2, 0.25) is 0 Å². The van der Waals surface area contributed by atoms with E-state index in [9.17, 15) is 9.59 Å². The molecule has 7 aliphatic rings. The van der Waals surface area contributed by atoms with E-state index in [2.05, 4.69) is 36.3 Å². The van der Waals surface area contributed by atoms with Crippen LogP contribution in [0.25, 0.3) is 11.8 Å². The Morgan fingerprint density at radius 1 is 1.07 bits per heavy atom. The second-order valence-electron chi connectivity index (χ2n) is 17.0. The summed E-state index contributed by atoms with van der Waals surface area (Å²) in [6.07, 6.45) is 14.0. The van der Waals surface area contributed by atoms with E-state index in [0.29, 0.717) is 59.1 Å². The standard InChI is InChI=1S/C43H49ClN4O8/c1-22(2)11-10-16-41(8)17-15-26-34(54-41)25(13-12-23(3)4)36-30(35(26)53-29(49)20-44)32-31-33(48-21-45-39(46-32)47-48)27-19-28-40(6,7)56-42(37(27)50,43(28,31)55-36)18-14-24(5)38(51)52-9/h11-12,14-15,17,21,27-28,33H,10,13,16,18-20H2,1-9H3,(H,46,47)/b24-14-. The van der Waals surface area contributed by atoms with Crippen molar-refractivity contribution < 1.29 is 38.1 Å². The van der Waals surface area contributed by atoms with Gasteiger partial charge in [-0.15, -0.1) is 16.7 Å². The van der Waals surface area contributed by atoms with Crippen molar-refractivity contribution in [3.63, 3.8) is 0 Å². The van der Waals surface area contributed by atoms with E-state index >= 15 is 4.79 Å². The summed E-state index contributed by atoms with van der Waals surface area (Å²) < 4.78 is 34.9. The minimum Gasteiger partial charge on any atom is -0.482 e. The van der Waals surface area contributed by atoms with Crippen LogP contribution in [0.5, 0.6) is 17.2 Å². The molecule has 2 aromatic rings. The summed E-state index contributed by atoms with van der Waals surface area (Å²) in [4.78, 5) is 45.9. The van der Waals surface area contributed by atoms with Gasteiger partial charge in [-0.1, -0.05) is 29.4 Å². The molecule has 1 spiro atoms. The van der Waals surface area contributed by atoms with E-state index < -0.39 is 46.3 Å². The topological polar surface area (TPSA) is 140 Å². The molecule has 9 rings (SSSR count). The summed E-state index contributed by atoms with van der Waals surface area (Å²) in [7, 11) is 1.33. The lowest BCUT2D eigenvalue weighted by Gasteiger charge is -2.60. The Hall–Kier alpha value is -4.68. The molecular weight excluding hydrogens is 736 g/mol. The van der Waals surface area contributed by atoms with Gasteiger partial charge >= 0.3 is 11.9 Å². The van der Waals surface area contributed by atoms with Crippen LogP contribution in [0.4, 0.5) is 5.95 Å². The molecule has 6 unspecified atom stereocenters. The number of ether oxygens (including phenoxy) is 5. The molecular formula is C43H49ClN4O8. The number of benzene rings is 1. The first-order valence-corrected chi connectivity index (χ1v) is 19.8. The van der Waals surface area contributed by atoms with Gasteiger partial charge in [0.2, 0.25) is 5.95 Å². The molecule has 6 bridgehead atoms. The average molecular weight is 785 g/mol. The highest BCUT2D eigenvalue weighted by atomic mass is 35.5. The number of anilines is 1. The monoisotopic (exact) mass is 784 g/mol. The maximum Gasteiger partial charge on any atom is 0.333 e. The van der Waals surface area contributed by atoms with Crippen LogP contribution in [0.1, 0.15) is 104 Å². The molecule has 4 aliphatic heterocycles. The van der Waals surface area contributed by atoms with Gasteiger partial charge in [-0.05, 0) is 93.2 Å². The molecule has 13 heteroatoms. The van der Waals surface area contributed by atoms with Crippen LogP contribution in [0.15, 0.2) is 52.9 Å². The number of carbonyl (C=O) groups is 3. The largest absolute Gasteiger partial charge is 0.482 e. The molecule has 56 heavy (non-hydrogen) atoms. The number of halogens is 1. The third kappa shape index (κ3) is 5.45. The van der Waals surface area contributed by atoms with Gasteiger partial charge in [0, 0.05) is 35.0 Å². The highest BCUT2D eigenvalue weighted by molar-refractivity contribution is 6.26. The van der Waals surface area contributed by atoms with E-state index in [1.165, 1.54) is 12.7 Å². The number of allylic oxidation sites excluding steroid dienone is 4. The number of nitrogens with zero attached hydrogens (tertiary/aromatic N) is 3. The van der Waals surface area contributed by atoms with Gasteiger partial charge in [-0.3, -0.25) is 9.59 Å². The second-order valence-corrected chi connectivity index (χ2v) is 17.3. The van der Waals surface area contributed by atoms with Crippen molar-refractivity contribution in [2.45, 2.75) is 116 Å². The molecule has 3 saturated carbocycles. The first-order valence-electron chi connectivity index (χ1n) is 19.3. The van der Waals surface area contributed by atoms with Gasteiger partial charge < -0.3 is 29.0 Å². The lowest BCUT2D eigenvalue weighted by atomic mass is 9.47. The zero-order valence-corrected chi connectivity index (χ0v) is 34.2. The van der Waals surface area contributed by atoms with Crippen molar-refractivity contribution in [3.05, 3.63) is 69.6 Å². The van der Waals surface area contributed by atoms with Crippen molar-refractivity contribution in [2.75, 3.05) is 18.3 Å². The Balaban J connectivity index is 1.46. The van der Waals surface area contributed by atoms with Crippen LogP contribution in [0, 0.1) is 11.8 Å². The van der Waals surface area contributed by atoms with Gasteiger partial charge in [0.05, 0.1) is 35.6 Å². The highest BCUT2D eigenvalue weighted by Gasteiger charge is 2.84. The molecule has 1 N–H and O–H groups in total. The highest BCUT2D eigenvalue weighted by Crippen LogP contribution is 2.73. The maximum atomic E-state index is 15.3. The number of carbonyl (C=O) groups excluding carboxylic acids is 3. The van der Waals surface area contributed by atoms with Crippen molar-refractivity contribution in [2.24, 2.45) is 11.8 Å². The Labute approximate surface area is 332 Å². The quantitative estimate of drug-likeness (QED) is 0.0837. The van der Waals surface area contributed by atoms with Gasteiger partial charge in [0.15, 0.2) is 22.7 Å². The van der Waals surface area contributed by atoms with Crippen LogP contribution < -0.4 is 19.5 Å². The number of alkyl halides is 1. The summed E-state index contributed by atoms with van der Waals surface area (Å²) in [5.74, 6) is -1.10. The number of rotatable bonds is 10. The molecule has 3 aliphatic carbocycles. The van der Waals surface area contributed by atoms with E-state index in [1.54, 1.807) is 24.0 Å². The number of fused-ring (bicyclic) bond motifs is 5. The molecule has 0 radical (unpaired) electrons. The smallest absolute Gasteiger partial charge is 0.333 e. The zero-order valence-electron chi connectivity index (χ0n) is 33.4. The van der Waals surface area contributed by atoms with Gasteiger partial charge in [0.25, 0.3) is 0 Å². The fourth-order valence-electron chi connectivity index (χ4n) is 9.92. The number of ketones is 1. The summed E-state index contributed by atoms with van der Waals surface area (Å²) >= 11 is 6.13. The minimum atomic E-state index is -1.56. The first kappa shape index (κ1) is 38.2. The molecule has 5 heterocycles. The third-order valence-electron chi connectivity index (χ3n) is 12.3. The van der Waals surface area contributed by atoms with Crippen molar-refractivity contribution in [1.82, 2.24) is 14.8 Å².